The predicted octanol–water partition coefficient (Wildman–Crippen LogP) is 5.28. The van der Waals surface area contributed by atoms with Crippen LogP contribution in [-0.2, 0) is 4.79 Å². The van der Waals surface area contributed by atoms with Gasteiger partial charge in [0.1, 0.15) is 0 Å². The topological polar surface area (TPSA) is 102 Å². The highest BCUT2D eigenvalue weighted by Crippen LogP contribution is 2.30. The third-order valence-electron chi connectivity index (χ3n) is 4.21. The van der Waals surface area contributed by atoms with Crippen molar-refractivity contribution in [1.82, 2.24) is 10.2 Å². The number of rotatable bonds is 10. The molecule has 0 bridgehead atoms. The van der Waals surface area contributed by atoms with E-state index in [4.69, 9.17) is 21.1 Å². The van der Waals surface area contributed by atoms with Crippen LogP contribution in [0.3, 0.4) is 0 Å². The van der Waals surface area contributed by atoms with Gasteiger partial charge in [0.2, 0.25) is 11.0 Å². The summed E-state index contributed by atoms with van der Waals surface area (Å²) >= 11 is 8.50. The van der Waals surface area contributed by atoms with Crippen molar-refractivity contribution in [1.29, 1.82) is 0 Å². The lowest BCUT2D eigenvalue weighted by atomic mass is 10.2. The van der Waals surface area contributed by atoms with Crippen LogP contribution < -0.4 is 20.1 Å². The number of carbonyl (C=O) groups excluding carboxylic acids is 2. The Kier molecular flexibility index (Phi) is 8.93. The molecule has 0 aliphatic carbocycles. The number of nitrogens with zero attached hydrogens (tertiary/aromatic N) is 2. The minimum Gasteiger partial charge on any atom is -0.490 e. The Balaban J connectivity index is 1.55. The van der Waals surface area contributed by atoms with Crippen molar-refractivity contribution in [2.24, 2.45) is 0 Å². The van der Waals surface area contributed by atoms with Crippen LogP contribution in [0.25, 0.3) is 0 Å². The Hall–Kier alpha value is -2.82. The lowest BCUT2D eigenvalue weighted by Gasteiger charge is -2.12. The molecular weight excluding hydrogens is 484 g/mol. The van der Waals surface area contributed by atoms with E-state index in [9.17, 15) is 9.59 Å². The van der Waals surface area contributed by atoms with Gasteiger partial charge in [-0.15, -0.1) is 10.2 Å². The number of benzene rings is 2. The van der Waals surface area contributed by atoms with Crippen LogP contribution in [0.5, 0.6) is 11.5 Å². The molecule has 0 unspecified atom stereocenters. The first-order valence-corrected chi connectivity index (χ1v) is 12.3. The highest BCUT2D eigenvalue weighted by atomic mass is 35.5. The molecule has 0 aliphatic rings. The monoisotopic (exact) mass is 506 g/mol. The van der Waals surface area contributed by atoms with Gasteiger partial charge in [0, 0.05) is 16.3 Å². The van der Waals surface area contributed by atoms with Gasteiger partial charge in [-0.2, -0.15) is 0 Å². The molecule has 3 rings (SSSR count). The smallest absolute Gasteiger partial charge is 0.257 e. The molecule has 2 amide bonds. The van der Waals surface area contributed by atoms with E-state index >= 15 is 0 Å². The highest BCUT2D eigenvalue weighted by Gasteiger charge is 2.15. The van der Waals surface area contributed by atoms with Crippen molar-refractivity contribution in [3.63, 3.8) is 0 Å². The molecule has 1 heterocycles. The molecule has 3 aromatic rings. The van der Waals surface area contributed by atoms with Gasteiger partial charge in [0.05, 0.1) is 19.0 Å². The molecule has 0 radical (unpaired) electrons. The molecule has 0 saturated carbocycles. The van der Waals surface area contributed by atoms with E-state index < -0.39 is 0 Å². The third-order valence-corrected chi connectivity index (χ3v) is 6.59. The fourth-order valence-electron chi connectivity index (χ4n) is 2.68. The lowest BCUT2D eigenvalue weighted by Crippen LogP contribution is -2.13. The normalized spacial score (nSPS) is 10.5. The molecular formula is C22H23ClN4O4S2. The Morgan fingerprint density at radius 1 is 1.03 bits per heavy atom. The largest absolute Gasteiger partial charge is 0.490 e. The number of carbonyl (C=O) groups is 2. The third kappa shape index (κ3) is 7.08. The van der Waals surface area contributed by atoms with Gasteiger partial charge in [0.25, 0.3) is 5.91 Å². The van der Waals surface area contributed by atoms with Crippen LogP contribution in [0, 0.1) is 6.92 Å². The maximum Gasteiger partial charge on any atom is 0.257 e. The van der Waals surface area contributed by atoms with Gasteiger partial charge < -0.3 is 14.8 Å². The van der Waals surface area contributed by atoms with Crippen molar-refractivity contribution < 1.29 is 19.1 Å². The summed E-state index contributed by atoms with van der Waals surface area (Å²) < 4.78 is 11.6. The molecule has 0 saturated heterocycles. The summed E-state index contributed by atoms with van der Waals surface area (Å²) in [5.74, 6) is 0.683. The Labute approximate surface area is 205 Å². The number of hydrogen-bond acceptors (Lipinski definition) is 8. The quantitative estimate of drug-likeness (QED) is 0.285. The van der Waals surface area contributed by atoms with E-state index in [2.05, 4.69) is 20.8 Å². The molecule has 11 heteroatoms. The van der Waals surface area contributed by atoms with E-state index in [0.29, 0.717) is 50.5 Å². The first kappa shape index (κ1) is 24.8. The number of aromatic nitrogens is 2. The number of aryl methyl sites for hydroxylation is 1. The Bertz CT molecular complexity index is 1140. The second kappa shape index (κ2) is 11.9. The summed E-state index contributed by atoms with van der Waals surface area (Å²) in [6.07, 6.45) is 0. The van der Waals surface area contributed by atoms with E-state index in [1.165, 1.54) is 23.1 Å². The zero-order chi connectivity index (χ0) is 23.8. The van der Waals surface area contributed by atoms with Gasteiger partial charge in [-0.1, -0.05) is 40.8 Å². The van der Waals surface area contributed by atoms with Crippen LogP contribution in [0.1, 0.15) is 29.8 Å². The molecule has 0 fully saturated rings. The summed E-state index contributed by atoms with van der Waals surface area (Å²) in [6, 6.07) is 10.3. The van der Waals surface area contributed by atoms with Gasteiger partial charge >= 0.3 is 0 Å². The highest BCUT2D eigenvalue weighted by molar-refractivity contribution is 8.01. The number of amides is 2. The second-order valence-corrected chi connectivity index (χ2v) is 9.26. The average Bonchev–Trinajstić information content (AvgIpc) is 3.23. The lowest BCUT2D eigenvalue weighted by molar-refractivity contribution is -0.113. The van der Waals surface area contributed by atoms with E-state index in [1.807, 2.05) is 26.8 Å². The number of nitrogens with one attached hydrogen (secondary N) is 2. The number of ether oxygens (including phenoxy) is 2. The molecule has 2 N–H and O–H groups in total. The van der Waals surface area contributed by atoms with Gasteiger partial charge in [-0.3, -0.25) is 14.9 Å². The maximum absolute atomic E-state index is 12.6. The minimum absolute atomic E-state index is 0.144. The summed E-state index contributed by atoms with van der Waals surface area (Å²) in [6.45, 7) is 6.58. The molecule has 33 heavy (non-hydrogen) atoms. The van der Waals surface area contributed by atoms with Crippen LogP contribution in [0.4, 0.5) is 10.8 Å². The zero-order valence-corrected chi connectivity index (χ0v) is 20.7. The fourth-order valence-corrected chi connectivity index (χ4v) is 4.40. The summed E-state index contributed by atoms with van der Waals surface area (Å²) in [7, 11) is 0. The van der Waals surface area contributed by atoms with Crippen molar-refractivity contribution in [2.45, 2.75) is 25.1 Å². The summed E-state index contributed by atoms with van der Waals surface area (Å²) in [5, 5.41) is 14.4. The maximum atomic E-state index is 12.6. The van der Waals surface area contributed by atoms with Crippen molar-refractivity contribution in [3.05, 3.63) is 52.5 Å². The molecule has 0 atom stereocenters. The van der Waals surface area contributed by atoms with Crippen LogP contribution in [0.15, 0.2) is 40.7 Å². The first-order valence-electron chi connectivity index (χ1n) is 10.1. The molecule has 174 valence electrons. The molecule has 0 aliphatic heterocycles. The van der Waals surface area contributed by atoms with E-state index in [0.717, 1.165) is 5.56 Å². The Morgan fingerprint density at radius 2 is 1.79 bits per heavy atom. The van der Waals surface area contributed by atoms with E-state index in [-0.39, 0.29) is 17.6 Å². The van der Waals surface area contributed by atoms with Crippen LogP contribution in [-0.4, -0.2) is 41.0 Å². The average molecular weight is 507 g/mol. The molecule has 1 aromatic heterocycles. The predicted molar refractivity (Wildman–Crippen MR) is 132 cm³/mol. The Morgan fingerprint density at radius 3 is 2.52 bits per heavy atom. The zero-order valence-electron chi connectivity index (χ0n) is 18.3. The first-order chi connectivity index (χ1) is 15.9. The molecule has 0 spiro atoms. The van der Waals surface area contributed by atoms with Crippen molar-refractivity contribution in [2.75, 3.05) is 29.6 Å². The van der Waals surface area contributed by atoms with Gasteiger partial charge in [-0.05, 0) is 56.7 Å². The molecule has 8 nitrogen and oxygen atoms in total. The second-order valence-electron chi connectivity index (χ2n) is 6.66. The number of thioether (sulfide) groups is 1. The van der Waals surface area contributed by atoms with Gasteiger partial charge in [0.15, 0.2) is 15.8 Å². The van der Waals surface area contributed by atoms with Gasteiger partial charge in [-0.25, -0.2) is 0 Å². The van der Waals surface area contributed by atoms with Crippen molar-refractivity contribution in [3.8, 4) is 11.5 Å². The SMILES string of the molecule is CCOc1ccc(C(=O)Nc2nnc(SCC(=O)Nc3ccc(C)c(Cl)c3)s2)cc1OCC. The van der Waals surface area contributed by atoms with Crippen LogP contribution in [0.2, 0.25) is 5.02 Å². The number of anilines is 2. The van der Waals surface area contributed by atoms with Crippen molar-refractivity contribution >= 4 is 57.3 Å². The number of halogens is 1. The summed E-state index contributed by atoms with van der Waals surface area (Å²) in [5.41, 5.74) is 1.97. The standard InChI is InChI=1S/C22H23ClN4O4S2/c1-4-30-17-9-7-14(10-18(17)31-5-2)20(29)25-21-26-27-22(33-21)32-12-19(28)24-15-8-6-13(3)16(23)11-15/h6-11H,4-5,12H2,1-3H3,(H,24,28)(H,25,26,29). The molecule has 2 aromatic carbocycles. The number of hydrogen-bond donors (Lipinski definition) is 2. The fraction of sp³-hybridized carbons (Fsp3) is 0.273. The summed E-state index contributed by atoms with van der Waals surface area (Å²) in [4.78, 5) is 24.8. The minimum atomic E-state index is -0.347. The van der Waals surface area contributed by atoms with Crippen LogP contribution >= 0.6 is 34.7 Å². The van der Waals surface area contributed by atoms with E-state index in [1.54, 1.807) is 30.3 Å².